The molecule has 0 aromatic rings. The summed E-state index contributed by atoms with van der Waals surface area (Å²) < 4.78 is 0. The molecule has 0 bridgehead atoms. The molecule has 2 fully saturated rings. The van der Waals surface area contributed by atoms with Gasteiger partial charge in [-0.1, -0.05) is 27.2 Å². The van der Waals surface area contributed by atoms with Crippen LogP contribution in [0.2, 0.25) is 0 Å². The Morgan fingerprint density at radius 2 is 1.81 bits per heavy atom. The highest BCUT2D eigenvalue weighted by Gasteiger charge is 2.57. The molecule has 16 heavy (non-hydrogen) atoms. The molecule has 2 saturated carbocycles. The first-order chi connectivity index (χ1) is 7.33. The van der Waals surface area contributed by atoms with Crippen molar-refractivity contribution >= 4 is 0 Å². The van der Waals surface area contributed by atoms with Crippen LogP contribution in [0.1, 0.15) is 59.3 Å². The van der Waals surface area contributed by atoms with Crippen molar-refractivity contribution < 1.29 is 10.2 Å². The maximum atomic E-state index is 11.0. The van der Waals surface area contributed by atoms with E-state index in [2.05, 4.69) is 20.8 Å². The number of aliphatic hydroxyl groups is 2. The molecule has 0 amide bonds. The molecule has 0 saturated heterocycles. The van der Waals surface area contributed by atoms with Crippen molar-refractivity contribution in [1.29, 1.82) is 0 Å². The first kappa shape index (κ1) is 12.4. The van der Waals surface area contributed by atoms with E-state index in [0.29, 0.717) is 5.92 Å². The van der Waals surface area contributed by atoms with Gasteiger partial charge in [-0.2, -0.15) is 0 Å². The highest BCUT2D eigenvalue weighted by atomic mass is 16.3. The lowest BCUT2D eigenvalue weighted by atomic mass is 9.50. The molecular formula is C14H26O2. The quantitative estimate of drug-likeness (QED) is 0.760. The van der Waals surface area contributed by atoms with Gasteiger partial charge in [-0.15, -0.1) is 0 Å². The lowest BCUT2D eigenvalue weighted by molar-refractivity contribution is -0.193. The molecule has 2 aliphatic rings. The lowest BCUT2D eigenvalue weighted by Crippen LogP contribution is -2.59. The van der Waals surface area contributed by atoms with Gasteiger partial charge >= 0.3 is 0 Å². The highest BCUT2D eigenvalue weighted by Crippen LogP contribution is 2.58. The Morgan fingerprint density at radius 1 is 1.19 bits per heavy atom. The van der Waals surface area contributed by atoms with Gasteiger partial charge in [0.15, 0.2) is 0 Å². The summed E-state index contributed by atoms with van der Waals surface area (Å²) in [6.07, 6.45) is 6.09. The molecule has 2 nitrogen and oxygen atoms in total. The van der Waals surface area contributed by atoms with Gasteiger partial charge in [0.2, 0.25) is 0 Å². The standard InChI is InChI=1S/C14H26O2/c1-11-7-12(2,3)9-14(16,8-11)13(10-15)5-4-6-13/h11,15-16H,4-10H2,1-3H3. The molecule has 2 N–H and O–H groups in total. The number of hydrogen-bond donors (Lipinski definition) is 2. The topological polar surface area (TPSA) is 40.5 Å². The van der Waals surface area contributed by atoms with Gasteiger partial charge in [0.1, 0.15) is 0 Å². The number of aliphatic hydroxyl groups excluding tert-OH is 1. The van der Waals surface area contributed by atoms with Crippen molar-refractivity contribution in [2.45, 2.75) is 64.9 Å². The van der Waals surface area contributed by atoms with Gasteiger partial charge in [0.25, 0.3) is 0 Å². The lowest BCUT2D eigenvalue weighted by Gasteiger charge is -2.58. The fourth-order valence-corrected chi connectivity index (χ4v) is 4.31. The van der Waals surface area contributed by atoms with Crippen LogP contribution in [-0.2, 0) is 0 Å². The summed E-state index contributed by atoms with van der Waals surface area (Å²) in [6, 6.07) is 0. The van der Waals surface area contributed by atoms with Gasteiger partial charge in [-0.3, -0.25) is 0 Å². The predicted octanol–water partition coefficient (Wildman–Crippen LogP) is 2.73. The van der Waals surface area contributed by atoms with E-state index in [1.165, 1.54) is 6.42 Å². The monoisotopic (exact) mass is 226 g/mol. The first-order valence-corrected chi connectivity index (χ1v) is 6.66. The first-order valence-electron chi connectivity index (χ1n) is 6.66. The second-order valence-electron chi connectivity index (χ2n) is 7.18. The second kappa shape index (κ2) is 3.71. The molecule has 0 radical (unpaired) electrons. The van der Waals surface area contributed by atoms with Crippen molar-refractivity contribution in [2.24, 2.45) is 16.7 Å². The van der Waals surface area contributed by atoms with Gasteiger partial charge in [0, 0.05) is 5.41 Å². The molecule has 0 aromatic heterocycles. The van der Waals surface area contributed by atoms with E-state index in [4.69, 9.17) is 0 Å². The summed E-state index contributed by atoms with van der Waals surface area (Å²) in [5.74, 6) is 0.567. The molecule has 2 atom stereocenters. The molecule has 2 unspecified atom stereocenters. The van der Waals surface area contributed by atoms with Crippen LogP contribution < -0.4 is 0 Å². The minimum atomic E-state index is -0.624. The third kappa shape index (κ3) is 1.80. The molecule has 94 valence electrons. The molecule has 2 rings (SSSR count). The minimum absolute atomic E-state index is 0.159. The molecule has 2 heteroatoms. The van der Waals surface area contributed by atoms with Crippen LogP contribution in [0, 0.1) is 16.7 Å². The fraction of sp³-hybridized carbons (Fsp3) is 1.00. The van der Waals surface area contributed by atoms with E-state index >= 15 is 0 Å². The fourth-order valence-electron chi connectivity index (χ4n) is 4.31. The van der Waals surface area contributed by atoms with Crippen LogP contribution in [0.3, 0.4) is 0 Å². The van der Waals surface area contributed by atoms with E-state index in [1.54, 1.807) is 0 Å². The predicted molar refractivity (Wildman–Crippen MR) is 65.1 cm³/mol. The average molecular weight is 226 g/mol. The number of hydrogen-bond acceptors (Lipinski definition) is 2. The summed E-state index contributed by atoms with van der Waals surface area (Å²) in [6.45, 7) is 6.89. The van der Waals surface area contributed by atoms with Crippen molar-refractivity contribution in [3.63, 3.8) is 0 Å². The van der Waals surface area contributed by atoms with Crippen molar-refractivity contribution in [1.82, 2.24) is 0 Å². The third-order valence-corrected chi connectivity index (χ3v) is 4.96. The Morgan fingerprint density at radius 3 is 2.19 bits per heavy atom. The van der Waals surface area contributed by atoms with Crippen LogP contribution in [0.25, 0.3) is 0 Å². The van der Waals surface area contributed by atoms with Crippen LogP contribution in [0.4, 0.5) is 0 Å². The van der Waals surface area contributed by atoms with Gasteiger partial charge in [0.05, 0.1) is 12.2 Å². The summed E-state index contributed by atoms with van der Waals surface area (Å²) in [5, 5.41) is 20.6. The van der Waals surface area contributed by atoms with Gasteiger partial charge in [-0.25, -0.2) is 0 Å². The molecule has 0 spiro atoms. The van der Waals surface area contributed by atoms with E-state index < -0.39 is 5.60 Å². The molecule has 0 aliphatic heterocycles. The smallest absolute Gasteiger partial charge is 0.0733 e. The Labute approximate surface area is 99.1 Å². The highest BCUT2D eigenvalue weighted by molar-refractivity contribution is 5.08. The van der Waals surface area contributed by atoms with E-state index in [0.717, 1.165) is 32.1 Å². The van der Waals surface area contributed by atoms with Gasteiger partial charge in [-0.05, 0) is 43.4 Å². The van der Waals surface area contributed by atoms with Crippen molar-refractivity contribution in [3.05, 3.63) is 0 Å². The summed E-state index contributed by atoms with van der Waals surface area (Å²) in [5.41, 5.74) is -0.593. The Kier molecular flexibility index (Phi) is 2.87. The van der Waals surface area contributed by atoms with Crippen molar-refractivity contribution in [2.75, 3.05) is 6.61 Å². The maximum Gasteiger partial charge on any atom is 0.0733 e. The zero-order chi connectivity index (χ0) is 12.0. The SMILES string of the molecule is CC1CC(C)(C)CC(O)(C2(CO)CCC2)C1. The molecular weight excluding hydrogens is 200 g/mol. The van der Waals surface area contributed by atoms with Crippen LogP contribution in [0.15, 0.2) is 0 Å². The van der Waals surface area contributed by atoms with Crippen molar-refractivity contribution in [3.8, 4) is 0 Å². The average Bonchev–Trinajstić information content (AvgIpc) is 1.95. The molecule has 0 aromatic carbocycles. The van der Waals surface area contributed by atoms with E-state index in [1.807, 2.05) is 0 Å². The zero-order valence-corrected chi connectivity index (χ0v) is 10.9. The maximum absolute atomic E-state index is 11.0. The van der Waals surface area contributed by atoms with E-state index in [9.17, 15) is 10.2 Å². The van der Waals surface area contributed by atoms with Crippen LogP contribution in [0.5, 0.6) is 0 Å². The summed E-state index contributed by atoms with van der Waals surface area (Å²) in [7, 11) is 0. The van der Waals surface area contributed by atoms with Gasteiger partial charge < -0.3 is 10.2 Å². The normalized spacial score (nSPS) is 41.4. The second-order valence-corrected chi connectivity index (χ2v) is 7.18. The molecule has 2 aliphatic carbocycles. The third-order valence-electron chi connectivity index (χ3n) is 4.96. The number of rotatable bonds is 2. The summed E-state index contributed by atoms with van der Waals surface area (Å²) >= 11 is 0. The Bertz CT molecular complexity index is 262. The van der Waals surface area contributed by atoms with Crippen LogP contribution >= 0.6 is 0 Å². The Balaban J connectivity index is 2.23. The van der Waals surface area contributed by atoms with E-state index in [-0.39, 0.29) is 17.4 Å². The molecule has 0 heterocycles. The minimum Gasteiger partial charge on any atom is -0.396 e. The Hall–Kier alpha value is -0.0800. The van der Waals surface area contributed by atoms with Crippen LogP contribution in [-0.4, -0.2) is 22.4 Å². The largest absolute Gasteiger partial charge is 0.396 e. The zero-order valence-electron chi connectivity index (χ0n) is 10.9. The summed E-state index contributed by atoms with van der Waals surface area (Å²) in [4.78, 5) is 0.